The molecule has 0 spiro atoms. The van der Waals surface area contributed by atoms with Crippen molar-refractivity contribution in [3.05, 3.63) is 16.1 Å². The maximum atomic E-state index is 11.3. The maximum absolute atomic E-state index is 11.3. The van der Waals surface area contributed by atoms with Crippen LogP contribution in [0.1, 0.15) is 16.3 Å². The normalized spacial score (nSPS) is 11.9. The highest BCUT2D eigenvalue weighted by atomic mass is 32.2. The summed E-state index contributed by atoms with van der Waals surface area (Å²) in [5.74, 6) is -0.0478. The lowest BCUT2D eigenvalue weighted by atomic mass is 10.5. The lowest BCUT2D eigenvalue weighted by molar-refractivity contribution is 0.295. The van der Waals surface area contributed by atoms with Gasteiger partial charge < -0.3 is 5.11 Å². The van der Waals surface area contributed by atoms with Gasteiger partial charge in [-0.1, -0.05) is 0 Å². The number of hydrogen-bond acceptors (Lipinski definition) is 5. The fourth-order valence-electron chi connectivity index (χ4n) is 0.982. The van der Waals surface area contributed by atoms with Crippen molar-refractivity contribution in [2.24, 2.45) is 0 Å². The molecule has 0 unspecified atom stereocenters. The third-order valence-corrected chi connectivity index (χ3v) is 4.01. The van der Waals surface area contributed by atoms with Crippen LogP contribution in [-0.2, 0) is 16.6 Å². The van der Waals surface area contributed by atoms with Crippen LogP contribution >= 0.6 is 11.3 Å². The van der Waals surface area contributed by atoms with Gasteiger partial charge in [0.05, 0.1) is 12.3 Å². The zero-order valence-electron chi connectivity index (χ0n) is 8.43. The van der Waals surface area contributed by atoms with Crippen molar-refractivity contribution in [3.63, 3.8) is 0 Å². The van der Waals surface area contributed by atoms with Crippen LogP contribution in [0.4, 0.5) is 0 Å². The number of aliphatic hydroxyl groups is 1. The van der Waals surface area contributed by atoms with Crippen LogP contribution in [0.5, 0.6) is 0 Å². The van der Waals surface area contributed by atoms with Crippen LogP contribution in [0.15, 0.2) is 6.20 Å². The van der Waals surface area contributed by atoms with Gasteiger partial charge in [0.25, 0.3) is 0 Å². The molecule has 7 heteroatoms. The van der Waals surface area contributed by atoms with Gasteiger partial charge in [-0.25, -0.2) is 18.1 Å². The van der Waals surface area contributed by atoms with E-state index >= 15 is 0 Å². The molecule has 1 aromatic rings. The van der Waals surface area contributed by atoms with E-state index in [-0.39, 0.29) is 25.3 Å². The smallest absolute Gasteiger partial charge is 0.212 e. The van der Waals surface area contributed by atoms with Crippen LogP contribution in [0.2, 0.25) is 0 Å². The third-order valence-electron chi connectivity index (χ3n) is 1.68. The van der Waals surface area contributed by atoms with E-state index in [1.54, 1.807) is 6.20 Å². The van der Waals surface area contributed by atoms with Gasteiger partial charge in [0, 0.05) is 17.7 Å². The first-order valence-corrected chi connectivity index (χ1v) is 7.00. The highest BCUT2D eigenvalue weighted by Crippen LogP contribution is 2.10. The number of sulfonamides is 1. The van der Waals surface area contributed by atoms with Crippen LogP contribution in [0.3, 0.4) is 0 Å². The molecular formula is C8H14N2O3S2. The average molecular weight is 250 g/mol. The summed E-state index contributed by atoms with van der Waals surface area (Å²) in [7, 11) is -3.28. The number of nitrogens with zero attached hydrogens (tertiary/aromatic N) is 1. The number of hydrogen-bond donors (Lipinski definition) is 2. The number of thiazole rings is 1. The van der Waals surface area contributed by atoms with Crippen molar-refractivity contribution in [2.75, 3.05) is 12.4 Å². The second kappa shape index (κ2) is 5.55. The molecule has 86 valence electrons. The molecule has 1 aromatic heterocycles. The number of aryl methyl sites for hydroxylation is 1. The number of aromatic nitrogens is 1. The Kier molecular flexibility index (Phi) is 4.65. The summed E-state index contributed by atoms with van der Waals surface area (Å²) in [4.78, 5) is 5.10. The molecule has 2 N–H and O–H groups in total. The third kappa shape index (κ3) is 4.70. The summed E-state index contributed by atoms with van der Waals surface area (Å²) in [6.07, 6.45) is 1.97. The minimum Gasteiger partial charge on any atom is -0.396 e. The van der Waals surface area contributed by atoms with Crippen molar-refractivity contribution in [2.45, 2.75) is 19.9 Å². The van der Waals surface area contributed by atoms with Crippen LogP contribution in [-0.4, -0.2) is 30.9 Å². The Morgan fingerprint density at radius 3 is 2.87 bits per heavy atom. The molecule has 0 aromatic carbocycles. The van der Waals surface area contributed by atoms with Gasteiger partial charge >= 0.3 is 0 Å². The second-order valence-corrected chi connectivity index (χ2v) is 6.33. The Morgan fingerprint density at radius 1 is 1.60 bits per heavy atom. The Labute approximate surface area is 93.2 Å². The van der Waals surface area contributed by atoms with Gasteiger partial charge in [-0.05, 0) is 13.3 Å². The average Bonchev–Trinajstić information content (AvgIpc) is 2.59. The van der Waals surface area contributed by atoms with Gasteiger partial charge in [-0.3, -0.25) is 0 Å². The van der Waals surface area contributed by atoms with Crippen molar-refractivity contribution in [1.29, 1.82) is 0 Å². The molecule has 0 radical (unpaired) electrons. The van der Waals surface area contributed by atoms with E-state index in [1.165, 1.54) is 11.3 Å². The van der Waals surface area contributed by atoms with Gasteiger partial charge in [0.15, 0.2) is 0 Å². The predicted molar refractivity (Wildman–Crippen MR) is 59.2 cm³/mol. The minimum absolute atomic E-state index is 0.0478. The molecule has 15 heavy (non-hydrogen) atoms. The fourth-order valence-corrected chi connectivity index (χ4v) is 2.81. The van der Waals surface area contributed by atoms with Crippen molar-refractivity contribution in [3.8, 4) is 0 Å². The van der Waals surface area contributed by atoms with E-state index in [9.17, 15) is 8.42 Å². The largest absolute Gasteiger partial charge is 0.396 e. The van der Waals surface area contributed by atoms with Crippen molar-refractivity contribution >= 4 is 21.4 Å². The molecule has 0 aliphatic heterocycles. The lowest BCUT2D eigenvalue weighted by Gasteiger charge is -2.03. The van der Waals surface area contributed by atoms with E-state index in [2.05, 4.69) is 9.71 Å². The number of nitrogens with one attached hydrogen (secondary N) is 1. The van der Waals surface area contributed by atoms with Crippen LogP contribution in [0.25, 0.3) is 0 Å². The quantitative estimate of drug-likeness (QED) is 0.758. The van der Waals surface area contributed by atoms with E-state index in [0.717, 1.165) is 9.88 Å². The monoisotopic (exact) mass is 250 g/mol. The molecule has 0 fully saturated rings. The minimum atomic E-state index is -3.28. The van der Waals surface area contributed by atoms with E-state index < -0.39 is 10.0 Å². The molecular weight excluding hydrogens is 236 g/mol. The van der Waals surface area contributed by atoms with E-state index in [1.807, 2.05) is 6.92 Å². The highest BCUT2D eigenvalue weighted by molar-refractivity contribution is 7.89. The molecule has 0 saturated heterocycles. The van der Waals surface area contributed by atoms with Gasteiger partial charge in [-0.15, -0.1) is 11.3 Å². The molecule has 0 atom stereocenters. The first kappa shape index (κ1) is 12.6. The summed E-state index contributed by atoms with van der Waals surface area (Å²) in [6.45, 7) is 2.03. The van der Waals surface area contributed by atoms with Gasteiger partial charge in [0.2, 0.25) is 10.0 Å². The standard InChI is InChI=1S/C8H14N2O3S2/c1-7-5-9-8(14-7)6-10-15(12,13)4-2-3-11/h5,10-11H,2-4,6H2,1H3. The molecule has 0 aliphatic carbocycles. The Hall–Kier alpha value is -0.500. The number of rotatable bonds is 6. The summed E-state index contributed by atoms with van der Waals surface area (Å²) < 4.78 is 25.1. The second-order valence-electron chi connectivity index (χ2n) is 3.08. The van der Waals surface area contributed by atoms with Crippen molar-refractivity contribution in [1.82, 2.24) is 9.71 Å². The first-order valence-electron chi connectivity index (χ1n) is 4.53. The van der Waals surface area contributed by atoms with Crippen LogP contribution in [0, 0.1) is 6.92 Å². The number of aliphatic hydroxyl groups excluding tert-OH is 1. The topological polar surface area (TPSA) is 79.3 Å². The zero-order chi connectivity index (χ0) is 11.3. The van der Waals surface area contributed by atoms with Crippen molar-refractivity contribution < 1.29 is 13.5 Å². The van der Waals surface area contributed by atoms with Gasteiger partial charge in [-0.2, -0.15) is 0 Å². The predicted octanol–water partition coefficient (Wildman–Crippen LogP) is 0.253. The van der Waals surface area contributed by atoms with Crippen LogP contribution < -0.4 is 4.72 Å². The molecule has 1 heterocycles. The first-order chi connectivity index (χ1) is 7.03. The molecule has 0 bridgehead atoms. The molecule has 0 aliphatic rings. The SMILES string of the molecule is Cc1cnc(CNS(=O)(=O)CCCO)s1. The van der Waals surface area contributed by atoms with E-state index in [4.69, 9.17) is 5.11 Å². The lowest BCUT2D eigenvalue weighted by Crippen LogP contribution is -2.26. The van der Waals surface area contributed by atoms with E-state index in [0.29, 0.717) is 0 Å². The molecule has 0 saturated carbocycles. The maximum Gasteiger partial charge on any atom is 0.212 e. The Morgan fingerprint density at radius 2 is 2.33 bits per heavy atom. The molecule has 0 amide bonds. The summed E-state index contributed by atoms with van der Waals surface area (Å²) >= 11 is 1.46. The summed E-state index contributed by atoms with van der Waals surface area (Å²) in [6, 6.07) is 0. The fraction of sp³-hybridized carbons (Fsp3) is 0.625. The zero-order valence-corrected chi connectivity index (χ0v) is 10.1. The Bertz CT molecular complexity index is 400. The summed E-state index contributed by atoms with van der Waals surface area (Å²) in [5.41, 5.74) is 0. The molecule has 1 rings (SSSR count). The summed E-state index contributed by atoms with van der Waals surface area (Å²) in [5, 5.41) is 9.27. The molecule has 5 nitrogen and oxygen atoms in total. The van der Waals surface area contributed by atoms with Gasteiger partial charge in [0.1, 0.15) is 5.01 Å². The Balaban J connectivity index is 2.42. The highest BCUT2D eigenvalue weighted by Gasteiger charge is 2.10.